The predicted octanol–water partition coefficient (Wildman–Crippen LogP) is 3.37. The van der Waals surface area contributed by atoms with Gasteiger partial charge in [-0.05, 0) is 32.0 Å². The van der Waals surface area contributed by atoms with E-state index in [1.54, 1.807) is 37.6 Å². The third kappa shape index (κ3) is 4.58. The van der Waals surface area contributed by atoms with Crippen LogP contribution in [-0.4, -0.2) is 44.4 Å². The van der Waals surface area contributed by atoms with Gasteiger partial charge in [-0.25, -0.2) is 19.3 Å². The molecule has 0 aliphatic carbocycles. The van der Waals surface area contributed by atoms with Gasteiger partial charge in [0.05, 0.1) is 23.3 Å². The Labute approximate surface area is 187 Å². The molecule has 3 heterocycles. The molecule has 10 nitrogen and oxygen atoms in total. The van der Waals surface area contributed by atoms with Crippen LogP contribution in [0, 0.1) is 19.7 Å². The number of hydrogen-bond acceptors (Lipinski definition) is 7. The molecular formula is C22H21FN6O4. The lowest BCUT2D eigenvalue weighted by Crippen LogP contribution is -2.26. The predicted molar refractivity (Wildman–Crippen MR) is 117 cm³/mol. The molecule has 0 radical (unpaired) electrons. The number of ether oxygens (including phenoxy) is 1. The Balaban J connectivity index is 1.60. The second-order valence-electron chi connectivity index (χ2n) is 7.34. The number of carbonyl (C=O) groups excluding carboxylic acids is 2. The maximum atomic E-state index is 14.6. The molecule has 11 heteroatoms. The van der Waals surface area contributed by atoms with Crippen molar-refractivity contribution < 1.29 is 23.1 Å². The van der Waals surface area contributed by atoms with E-state index in [1.165, 1.54) is 31.5 Å². The van der Waals surface area contributed by atoms with Gasteiger partial charge < -0.3 is 19.8 Å². The van der Waals surface area contributed by atoms with Gasteiger partial charge in [-0.2, -0.15) is 0 Å². The molecule has 4 rings (SSSR count). The molecule has 1 aromatic carbocycles. The highest BCUT2D eigenvalue weighted by atomic mass is 19.1. The van der Waals surface area contributed by atoms with E-state index in [2.05, 4.69) is 25.6 Å². The first kappa shape index (κ1) is 22.1. The van der Waals surface area contributed by atoms with Gasteiger partial charge in [0.2, 0.25) is 11.5 Å². The molecule has 170 valence electrons. The molecule has 0 fully saturated rings. The van der Waals surface area contributed by atoms with Gasteiger partial charge in [0, 0.05) is 37.7 Å². The van der Waals surface area contributed by atoms with Crippen molar-refractivity contribution in [3.63, 3.8) is 0 Å². The molecule has 0 aliphatic rings. The highest BCUT2D eigenvalue weighted by Crippen LogP contribution is 2.26. The van der Waals surface area contributed by atoms with Crippen LogP contribution < -0.4 is 10.6 Å². The first-order chi connectivity index (χ1) is 15.7. The minimum atomic E-state index is -0.629. The number of halogens is 1. The van der Waals surface area contributed by atoms with Gasteiger partial charge in [-0.1, -0.05) is 0 Å². The fourth-order valence-corrected chi connectivity index (χ4v) is 3.16. The molecule has 33 heavy (non-hydrogen) atoms. The summed E-state index contributed by atoms with van der Waals surface area (Å²) < 4.78 is 26.5. The monoisotopic (exact) mass is 452 g/mol. The molecule has 0 saturated heterocycles. The Morgan fingerprint density at radius 3 is 2.64 bits per heavy atom. The molecule has 1 atom stereocenters. The quantitative estimate of drug-likeness (QED) is 0.460. The van der Waals surface area contributed by atoms with E-state index >= 15 is 0 Å². The van der Waals surface area contributed by atoms with Crippen molar-refractivity contribution in [2.45, 2.75) is 26.9 Å². The van der Waals surface area contributed by atoms with Gasteiger partial charge >= 0.3 is 0 Å². The molecule has 2 amide bonds. The lowest BCUT2D eigenvalue weighted by Gasteiger charge is -2.09. The smallest absolute Gasteiger partial charge is 0.293 e. The number of aromatic nitrogens is 4. The highest BCUT2D eigenvalue weighted by molar-refractivity contribution is 6.03. The summed E-state index contributed by atoms with van der Waals surface area (Å²) in [6.45, 7) is 4.93. The summed E-state index contributed by atoms with van der Waals surface area (Å²) in [5.41, 5.74) is 1.72. The molecule has 2 N–H and O–H groups in total. The standard InChI is InChI=1S/C22H21FN6O4/c1-11-19(33-13(3)25-11)21(31)26-14-5-6-17(23)16(7-14)18-10-29-9-15(8-24-22(29)28-18)27-20(30)12(2)32-4/h5-10,12H,1-4H3,(H,26,31)(H,27,30). The zero-order valence-electron chi connectivity index (χ0n) is 18.3. The number of nitrogens with zero attached hydrogens (tertiary/aromatic N) is 4. The number of aryl methyl sites for hydroxylation is 2. The number of fused-ring (bicyclic) bond motifs is 1. The van der Waals surface area contributed by atoms with E-state index in [0.29, 0.717) is 34.4 Å². The number of nitrogens with one attached hydrogen (secondary N) is 2. The van der Waals surface area contributed by atoms with Gasteiger partial charge in [0.25, 0.3) is 11.8 Å². The Bertz CT molecular complexity index is 1360. The van der Waals surface area contributed by atoms with Crippen molar-refractivity contribution in [2.24, 2.45) is 0 Å². The van der Waals surface area contributed by atoms with Crippen LogP contribution in [0.2, 0.25) is 0 Å². The number of oxazole rings is 1. The summed E-state index contributed by atoms with van der Waals surface area (Å²) >= 11 is 0. The van der Waals surface area contributed by atoms with Crippen molar-refractivity contribution >= 4 is 29.0 Å². The summed E-state index contributed by atoms with van der Waals surface area (Å²) in [7, 11) is 1.44. The number of hydrogen-bond donors (Lipinski definition) is 2. The van der Waals surface area contributed by atoms with E-state index in [4.69, 9.17) is 9.15 Å². The molecule has 0 saturated carbocycles. The Morgan fingerprint density at radius 1 is 1.15 bits per heavy atom. The first-order valence-corrected chi connectivity index (χ1v) is 9.99. The van der Waals surface area contributed by atoms with Gasteiger partial charge in [0.15, 0.2) is 5.89 Å². The number of rotatable bonds is 6. The third-order valence-corrected chi connectivity index (χ3v) is 4.91. The van der Waals surface area contributed by atoms with Crippen LogP contribution in [0.25, 0.3) is 17.0 Å². The molecule has 1 unspecified atom stereocenters. The van der Waals surface area contributed by atoms with Crippen LogP contribution in [-0.2, 0) is 9.53 Å². The average Bonchev–Trinajstić information content (AvgIpc) is 3.36. The number of anilines is 2. The van der Waals surface area contributed by atoms with E-state index in [0.717, 1.165) is 0 Å². The lowest BCUT2D eigenvalue weighted by atomic mass is 10.1. The maximum absolute atomic E-state index is 14.6. The van der Waals surface area contributed by atoms with Gasteiger partial charge in [-0.3, -0.25) is 14.0 Å². The lowest BCUT2D eigenvalue weighted by molar-refractivity contribution is -0.124. The molecular weight excluding hydrogens is 431 g/mol. The average molecular weight is 452 g/mol. The molecule has 0 spiro atoms. The Hall–Kier alpha value is -4.12. The zero-order valence-corrected chi connectivity index (χ0v) is 18.3. The van der Waals surface area contributed by atoms with E-state index < -0.39 is 17.8 Å². The normalized spacial score (nSPS) is 12.0. The van der Waals surface area contributed by atoms with Crippen LogP contribution in [0.3, 0.4) is 0 Å². The Kier molecular flexibility index (Phi) is 5.88. The number of carbonyl (C=O) groups is 2. The zero-order chi connectivity index (χ0) is 23.7. The fourth-order valence-electron chi connectivity index (χ4n) is 3.16. The van der Waals surface area contributed by atoms with Crippen LogP contribution in [0.1, 0.15) is 29.1 Å². The van der Waals surface area contributed by atoms with Crippen molar-refractivity contribution in [3.05, 3.63) is 60.0 Å². The van der Waals surface area contributed by atoms with Crippen molar-refractivity contribution in [1.29, 1.82) is 0 Å². The summed E-state index contributed by atoms with van der Waals surface area (Å²) in [5, 5.41) is 5.37. The first-order valence-electron chi connectivity index (χ1n) is 9.99. The van der Waals surface area contributed by atoms with Gasteiger partial charge in [-0.15, -0.1) is 0 Å². The third-order valence-electron chi connectivity index (χ3n) is 4.91. The van der Waals surface area contributed by atoms with E-state index in [9.17, 15) is 14.0 Å². The van der Waals surface area contributed by atoms with Crippen molar-refractivity contribution in [3.8, 4) is 11.3 Å². The SMILES string of the molecule is COC(C)C(=O)Nc1cnc2nc(-c3cc(NC(=O)c4oc(C)nc4C)ccc3F)cn2c1. The summed E-state index contributed by atoms with van der Waals surface area (Å²) in [6.07, 6.45) is 4.00. The van der Waals surface area contributed by atoms with E-state index in [-0.39, 0.29) is 17.2 Å². The van der Waals surface area contributed by atoms with Crippen LogP contribution in [0.15, 0.2) is 41.2 Å². The largest absolute Gasteiger partial charge is 0.436 e. The van der Waals surface area contributed by atoms with Crippen molar-refractivity contribution in [1.82, 2.24) is 19.4 Å². The summed E-state index contributed by atoms with van der Waals surface area (Å²) in [5.74, 6) is -0.567. The minimum Gasteiger partial charge on any atom is -0.436 e. The number of amides is 2. The molecule has 0 bridgehead atoms. The topological polar surface area (TPSA) is 124 Å². The maximum Gasteiger partial charge on any atom is 0.293 e. The van der Waals surface area contributed by atoms with Gasteiger partial charge in [0.1, 0.15) is 11.9 Å². The Morgan fingerprint density at radius 2 is 1.94 bits per heavy atom. The second-order valence-corrected chi connectivity index (χ2v) is 7.34. The van der Waals surface area contributed by atoms with Crippen LogP contribution in [0.5, 0.6) is 0 Å². The number of benzene rings is 1. The second kappa shape index (κ2) is 8.79. The van der Waals surface area contributed by atoms with Crippen LogP contribution >= 0.6 is 0 Å². The molecule has 0 aliphatic heterocycles. The number of methoxy groups -OCH3 is 1. The van der Waals surface area contributed by atoms with E-state index in [1.807, 2.05) is 0 Å². The number of imidazole rings is 1. The molecule has 3 aromatic heterocycles. The molecule has 4 aromatic rings. The summed E-state index contributed by atoms with van der Waals surface area (Å²) in [4.78, 5) is 37.1. The van der Waals surface area contributed by atoms with Crippen LogP contribution in [0.4, 0.5) is 15.8 Å². The van der Waals surface area contributed by atoms with Crippen molar-refractivity contribution in [2.75, 3.05) is 17.7 Å². The summed E-state index contributed by atoms with van der Waals surface area (Å²) in [6, 6.07) is 4.14. The fraction of sp³-hybridized carbons (Fsp3) is 0.227. The highest BCUT2D eigenvalue weighted by Gasteiger charge is 2.18. The minimum absolute atomic E-state index is 0.0904.